The number of ether oxygens (including phenoxy) is 1. The zero-order chi connectivity index (χ0) is 27.1. The van der Waals surface area contributed by atoms with Gasteiger partial charge in [-0.05, 0) is 76.4 Å². The molecule has 1 atom stereocenters. The summed E-state index contributed by atoms with van der Waals surface area (Å²) in [5, 5.41) is 10.4. The maximum atomic E-state index is 13.2. The van der Waals surface area contributed by atoms with Crippen LogP contribution in [0, 0.1) is 5.92 Å². The number of carbonyl (C=O) groups excluding carboxylic acids is 1. The van der Waals surface area contributed by atoms with Crippen molar-refractivity contribution in [2.75, 3.05) is 49.2 Å². The van der Waals surface area contributed by atoms with Crippen molar-refractivity contribution in [2.24, 2.45) is 5.92 Å². The molecule has 0 spiro atoms. The second kappa shape index (κ2) is 10.4. The largest absolute Gasteiger partial charge is 0.390 e. The van der Waals surface area contributed by atoms with Crippen LogP contribution in [0.4, 0.5) is 17.5 Å². The zero-order valence-electron chi connectivity index (χ0n) is 23.1. The normalized spacial score (nSPS) is 21.1. The van der Waals surface area contributed by atoms with Gasteiger partial charge in [0.1, 0.15) is 11.6 Å². The molecular weight excluding hydrogens is 492 g/mol. The number of para-hydroxylation sites is 1. The van der Waals surface area contributed by atoms with E-state index in [0.717, 1.165) is 79.4 Å². The van der Waals surface area contributed by atoms with Crippen molar-refractivity contribution in [1.29, 1.82) is 0 Å². The Morgan fingerprint density at radius 2 is 1.74 bits per heavy atom. The third-order valence-electron chi connectivity index (χ3n) is 8.50. The van der Waals surface area contributed by atoms with Gasteiger partial charge in [0.2, 0.25) is 5.95 Å². The molecule has 0 amide bonds. The lowest BCUT2D eigenvalue weighted by Crippen LogP contribution is -2.41. The fourth-order valence-electron chi connectivity index (χ4n) is 6.22. The van der Waals surface area contributed by atoms with Gasteiger partial charge in [-0.3, -0.25) is 14.6 Å². The summed E-state index contributed by atoms with van der Waals surface area (Å²) in [5.74, 6) is 1.78. The van der Waals surface area contributed by atoms with E-state index in [2.05, 4.69) is 15.9 Å². The summed E-state index contributed by atoms with van der Waals surface area (Å²) >= 11 is 0. The van der Waals surface area contributed by atoms with E-state index >= 15 is 0 Å². The molecule has 3 aromatic rings. The first-order chi connectivity index (χ1) is 18.8. The second-order valence-electron chi connectivity index (χ2n) is 11.5. The Bertz CT molecular complexity index is 1360. The van der Waals surface area contributed by atoms with E-state index in [0.29, 0.717) is 31.5 Å². The van der Waals surface area contributed by atoms with E-state index in [1.807, 2.05) is 56.0 Å². The number of rotatable bonds is 6. The molecule has 0 aliphatic carbocycles. The lowest BCUT2D eigenvalue weighted by atomic mass is 9.83. The van der Waals surface area contributed by atoms with Crippen molar-refractivity contribution in [3.8, 4) is 0 Å². The van der Waals surface area contributed by atoms with Crippen LogP contribution in [-0.2, 0) is 11.3 Å². The van der Waals surface area contributed by atoms with Gasteiger partial charge in [-0.15, -0.1) is 0 Å². The van der Waals surface area contributed by atoms with Gasteiger partial charge in [-0.1, -0.05) is 19.1 Å². The smallest absolute Gasteiger partial charge is 0.233 e. The molecule has 0 saturated carbocycles. The van der Waals surface area contributed by atoms with Gasteiger partial charge in [0.25, 0.3) is 0 Å². The highest BCUT2D eigenvalue weighted by Gasteiger charge is 2.39. The number of benzene rings is 1. The number of aliphatic hydroxyl groups is 1. The van der Waals surface area contributed by atoms with Crippen molar-refractivity contribution >= 4 is 34.3 Å². The van der Waals surface area contributed by atoms with Crippen LogP contribution < -0.4 is 9.80 Å². The molecule has 0 bridgehead atoms. The maximum Gasteiger partial charge on any atom is 0.233 e. The molecule has 6 rings (SSSR count). The lowest BCUT2D eigenvalue weighted by molar-refractivity contribution is -0.0137. The number of nitrogens with zero attached hydrogens (tertiary/aromatic N) is 6. The number of ketones is 1. The molecule has 1 N–H and O–H groups in total. The van der Waals surface area contributed by atoms with Gasteiger partial charge < -0.3 is 14.7 Å². The molecule has 2 aromatic heterocycles. The predicted molar refractivity (Wildman–Crippen MR) is 152 cm³/mol. The first-order valence-corrected chi connectivity index (χ1v) is 14.2. The van der Waals surface area contributed by atoms with Gasteiger partial charge in [0.05, 0.1) is 35.7 Å². The van der Waals surface area contributed by atoms with Gasteiger partial charge in [0, 0.05) is 25.2 Å². The highest BCUT2D eigenvalue weighted by molar-refractivity contribution is 6.12. The number of aromatic nitrogens is 3. The molecule has 1 aromatic carbocycles. The first kappa shape index (κ1) is 26.1. The Hall–Kier alpha value is -3.14. The van der Waals surface area contributed by atoms with Crippen LogP contribution >= 0.6 is 0 Å². The van der Waals surface area contributed by atoms with E-state index in [1.165, 1.54) is 0 Å². The third kappa shape index (κ3) is 4.99. The predicted octanol–water partition coefficient (Wildman–Crippen LogP) is 3.96. The average Bonchev–Trinajstić information content (AvgIpc) is 3.24. The van der Waals surface area contributed by atoms with Crippen LogP contribution in [0.25, 0.3) is 11.0 Å². The van der Waals surface area contributed by atoms with Crippen molar-refractivity contribution in [3.05, 3.63) is 47.7 Å². The van der Waals surface area contributed by atoms with Crippen LogP contribution in [-0.4, -0.2) is 81.8 Å². The second-order valence-corrected chi connectivity index (χ2v) is 11.5. The molecule has 206 valence electrons. The van der Waals surface area contributed by atoms with E-state index in [4.69, 9.17) is 19.7 Å². The summed E-state index contributed by atoms with van der Waals surface area (Å²) in [7, 11) is 0. The number of Topliss-reactive ketones (excluding diaryl/α,β-unsaturated/α-hetero) is 1. The fourth-order valence-corrected chi connectivity index (χ4v) is 6.22. The van der Waals surface area contributed by atoms with Crippen molar-refractivity contribution in [3.63, 3.8) is 0 Å². The topological polar surface area (TPSA) is 94.9 Å². The number of hydrogen-bond acceptors (Lipinski definition) is 9. The van der Waals surface area contributed by atoms with E-state index < -0.39 is 5.60 Å². The molecule has 0 radical (unpaired) electrons. The van der Waals surface area contributed by atoms with Gasteiger partial charge in [-0.25, -0.2) is 9.97 Å². The molecule has 39 heavy (non-hydrogen) atoms. The van der Waals surface area contributed by atoms with Crippen LogP contribution in [0.15, 0.2) is 36.4 Å². The first-order valence-electron chi connectivity index (χ1n) is 14.2. The van der Waals surface area contributed by atoms with Gasteiger partial charge >= 0.3 is 0 Å². The Morgan fingerprint density at radius 1 is 1.00 bits per heavy atom. The van der Waals surface area contributed by atoms with E-state index in [9.17, 15) is 9.90 Å². The molecule has 3 aliphatic rings. The number of morpholine rings is 1. The number of piperidine rings is 1. The monoisotopic (exact) mass is 530 g/mol. The summed E-state index contributed by atoms with van der Waals surface area (Å²) in [4.78, 5) is 35.0. The maximum absolute atomic E-state index is 13.2. The molecule has 9 heteroatoms. The van der Waals surface area contributed by atoms with Crippen LogP contribution in [0.1, 0.15) is 56.1 Å². The zero-order valence-corrected chi connectivity index (χ0v) is 23.1. The van der Waals surface area contributed by atoms with Crippen molar-refractivity contribution in [1.82, 2.24) is 19.9 Å². The minimum absolute atomic E-state index is 0.117. The Labute approximate surface area is 229 Å². The Balaban J connectivity index is 1.36. The fraction of sp³-hybridized carbons (Fsp3) is 0.533. The Kier molecular flexibility index (Phi) is 6.99. The highest BCUT2D eigenvalue weighted by Crippen LogP contribution is 2.39. The summed E-state index contributed by atoms with van der Waals surface area (Å²) < 4.78 is 5.63. The molecule has 9 nitrogen and oxygen atoms in total. The standard InChI is InChI=1S/C30H38N6O3/c1-4-24-27(37)22-7-5-6-8-25(22)36(24)29-32-23-10-9-21(19-34-13-11-20(12-14-34)30(2,3)38)31-26(23)28(33-29)35-15-17-39-18-16-35/h5-10,20,24,38H,4,11-19H2,1-3H3. The number of pyridine rings is 1. The molecule has 1 unspecified atom stereocenters. The van der Waals surface area contributed by atoms with E-state index in [1.54, 1.807) is 0 Å². The number of likely N-dealkylation sites (tertiary alicyclic amines) is 1. The van der Waals surface area contributed by atoms with Crippen LogP contribution in [0.3, 0.4) is 0 Å². The molecule has 2 saturated heterocycles. The summed E-state index contributed by atoms with van der Waals surface area (Å²) in [6, 6.07) is 11.5. The van der Waals surface area contributed by atoms with Crippen molar-refractivity contribution in [2.45, 2.75) is 58.2 Å². The molecule has 5 heterocycles. The third-order valence-corrected chi connectivity index (χ3v) is 8.50. The Morgan fingerprint density at radius 3 is 2.46 bits per heavy atom. The SMILES string of the molecule is CCC1C(=O)c2ccccc2N1c1nc(N2CCOCC2)c2nc(CN3CCC(C(C)(C)O)CC3)ccc2n1. The minimum Gasteiger partial charge on any atom is -0.390 e. The minimum atomic E-state index is -0.632. The summed E-state index contributed by atoms with van der Waals surface area (Å²) in [6.45, 7) is 11.2. The summed E-state index contributed by atoms with van der Waals surface area (Å²) in [5.41, 5.74) is 3.51. The number of fused-ring (bicyclic) bond motifs is 2. The molecular formula is C30H38N6O3. The van der Waals surface area contributed by atoms with Crippen LogP contribution in [0.2, 0.25) is 0 Å². The lowest BCUT2D eigenvalue weighted by Gasteiger charge is -2.37. The van der Waals surface area contributed by atoms with Gasteiger partial charge in [-0.2, -0.15) is 4.98 Å². The van der Waals surface area contributed by atoms with Crippen LogP contribution in [0.5, 0.6) is 0 Å². The van der Waals surface area contributed by atoms with Crippen molar-refractivity contribution < 1.29 is 14.6 Å². The number of hydrogen-bond donors (Lipinski definition) is 1. The number of carbonyl (C=O) groups is 1. The summed E-state index contributed by atoms with van der Waals surface area (Å²) in [6.07, 6.45) is 2.64. The molecule has 3 aliphatic heterocycles. The molecule has 2 fully saturated rings. The van der Waals surface area contributed by atoms with E-state index in [-0.39, 0.29) is 11.8 Å². The number of anilines is 3. The van der Waals surface area contributed by atoms with Gasteiger partial charge in [0.15, 0.2) is 11.6 Å². The quantitative estimate of drug-likeness (QED) is 0.508. The highest BCUT2D eigenvalue weighted by atomic mass is 16.5. The average molecular weight is 531 g/mol.